The van der Waals surface area contributed by atoms with Gasteiger partial charge in [-0.2, -0.15) is 4.80 Å². The third kappa shape index (κ3) is 3.58. The van der Waals surface area contributed by atoms with Gasteiger partial charge in [-0.1, -0.05) is 11.6 Å². The van der Waals surface area contributed by atoms with Gasteiger partial charge in [-0.25, -0.2) is 8.60 Å². The molecular formula is C9H8ClFN6O3S. The minimum absolute atomic E-state index is 0.146. The summed E-state index contributed by atoms with van der Waals surface area (Å²) in [6.45, 7) is 0. The van der Waals surface area contributed by atoms with Crippen molar-refractivity contribution in [2.75, 3.05) is 0 Å². The van der Waals surface area contributed by atoms with Crippen LogP contribution in [0, 0.1) is 5.82 Å². The van der Waals surface area contributed by atoms with Crippen molar-refractivity contribution in [3.05, 3.63) is 28.5 Å². The second-order valence-electron chi connectivity index (χ2n) is 3.73. The van der Waals surface area contributed by atoms with Crippen LogP contribution in [0.25, 0.3) is 11.4 Å². The predicted molar refractivity (Wildman–Crippen MR) is 70.6 cm³/mol. The Bertz CT molecular complexity index is 724. The maximum Gasteiger partial charge on any atom is 0.269 e. The van der Waals surface area contributed by atoms with E-state index >= 15 is 0 Å². The molecule has 0 aliphatic carbocycles. The quantitative estimate of drug-likeness (QED) is 0.536. The van der Waals surface area contributed by atoms with Gasteiger partial charge in [0.05, 0.1) is 17.6 Å². The number of nitrogens with one attached hydrogen (secondary N) is 2. The summed E-state index contributed by atoms with van der Waals surface area (Å²) in [6, 6.07) is 2.39. The van der Waals surface area contributed by atoms with Crippen LogP contribution in [0.3, 0.4) is 0 Å². The number of carbonyl (C=O) groups excluding carboxylic acids is 1. The van der Waals surface area contributed by atoms with Crippen LogP contribution in [0.15, 0.2) is 12.1 Å². The number of aryl methyl sites for hydroxylation is 1. The molecule has 0 spiro atoms. The summed E-state index contributed by atoms with van der Waals surface area (Å²) in [5.41, 5.74) is 1.68. The third-order valence-corrected chi connectivity index (χ3v) is 2.84. The highest BCUT2D eigenvalue weighted by atomic mass is 35.5. The van der Waals surface area contributed by atoms with E-state index in [-0.39, 0.29) is 16.4 Å². The fourth-order valence-corrected chi connectivity index (χ4v) is 1.84. The van der Waals surface area contributed by atoms with Crippen molar-refractivity contribution in [1.82, 2.24) is 30.5 Å². The number of hydrogen-bond donors (Lipinski definition) is 3. The molecule has 112 valence electrons. The molecule has 3 N–H and O–H groups in total. The number of amides is 1. The molecule has 12 heteroatoms. The monoisotopic (exact) mass is 334 g/mol. The highest BCUT2D eigenvalue weighted by Gasteiger charge is 2.18. The number of carbonyl (C=O) groups is 1. The normalized spacial score (nSPS) is 12.2. The molecule has 0 aliphatic heterocycles. The van der Waals surface area contributed by atoms with Crippen LogP contribution in [0.5, 0.6) is 0 Å². The Balaban J connectivity index is 2.39. The van der Waals surface area contributed by atoms with Crippen molar-refractivity contribution in [2.45, 2.75) is 0 Å². The zero-order chi connectivity index (χ0) is 15.6. The van der Waals surface area contributed by atoms with E-state index in [1.165, 1.54) is 17.9 Å². The second-order valence-corrected chi connectivity index (χ2v) is 4.84. The topological polar surface area (TPSA) is 122 Å². The molecule has 1 heterocycles. The van der Waals surface area contributed by atoms with Crippen LogP contribution in [-0.4, -0.2) is 34.9 Å². The van der Waals surface area contributed by atoms with Gasteiger partial charge in [0.2, 0.25) is 5.82 Å². The summed E-state index contributed by atoms with van der Waals surface area (Å²) < 4.78 is 32.8. The van der Waals surface area contributed by atoms with E-state index in [4.69, 9.17) is 16.2 Å². The molecule has 2 aromatic rings. The van der Waals surface area contributed by atoms with Gasteiger partial charge in [0, 0.05) is 5.56 Å². The number of nitrogens with zero attached hydrogens (tertiary/aromatic N) is 4. The third-order valence-electron chi connectivity index (χ3n) is 2.29. The number of hydrogen-bond acceptors (Lipinski definition) is 5. The Morgan fingerprint density at radius 2 is 2.24 bits per heavy atom. The van der Waals surface area contributed by atoms with Gasteiger partial charge >= 0.3 is 0 Å². The standard InChI is InChI=1S/C9H8ClFN6O3S/c1-17-14-8(12-15-17)4-2-5(7(11)6(10)3-4)9(18)13-16-21(19)20/h2-3,16H,1H3,(H,13,18)(H,19,20). The number of rotatable bonds is 4. The smallest absolute Gasteiger partial charge is 0.269 e. The zero-order valence-corrected chi connectivity index (χ0v) is 11.9. The molecule has 9 nitrogen and oxygen atoms in total. The SMILES string of the molecule is Cn1nnc(-c2cc(Cl)c(F)c(C(=O)NNS(=O)O)c2)n1. The first-order valence-electron chi connectivity index (χ1n) is 5.28. The summed E-state index contributed by atoms with van der Waals surface area (Å²) in [7, 11) is 1.54. The van der Waals surface area contributed by atoms with Crippen molar-refractivity contribution < 1.29 is 17.9 Å². The Morgan fingerprint density at radius 1 is 1.52 bits per heavy atom. The zero-order valence-electron chi connectivity index (χ0n) is 10.4. The maximum atomic E-state index is 13.9. The largest absolute Gasteiger partial charge is 0.293 e. The molecular weight excluding hydrogens is 327 g/mol. The Labute approximate surface area is 124 Å². The molecule has 1 aromatic carbocycles. The average Bonchev–Trinajstić information content (AvgIpc) is 2.85. The summed E-state index contributed by atoms with van der Waals surface area (Å²) in [6.07, 6.45) is 0. The second kappa shape index (κ2) is 6.22. The lowest BCUT2D eigenvalue weighted by atomic mass is 10.1. The van der Waals surface area contributed by atoms with Crippen molar-refractivity contribution in [3.63, 3.8) is 0 Å². The van der Waals surface area contributed by atoms with Gasteiger partial charge in [-0.05, 0) is 17.3 Å². The van der Waals surface area contributed by atoms with Crippen molar-refractivity contribution in [2.24, 2.45) is 7.05 Å². The minimum atomic E-state index is -2.49. The van der Waals surface area contributed by atoms with E-state index in [0.717, 1.165) is 6.07 Å². The maximum absolute atomic E-state index is 13.9. The van der Waals surface area contributed by atoms with Crippen LogP contribution in [-0.2, 0) is 18.3 Å². The van der Waals surface area contributed by atoms with Gasteiger partial charge in [0.25, 0.3) is 17.2 Å². The van der Waals surface area contributed by atoms with E-state index in [0.29, 0.717) is 0 Å². The Hall–Kier alpha value is -1.95. The van der Waals surface area contributed by atoms with Gasteiger partial charge in [-0.3, -0.25) is 14.8 Å². The Kier molecular flexibility index (Phi) is 4.57. The van der Waals surface area contributed by atoms with Crippen LogP contribution in [0.4, 0.5) is 4.39 Å². The fourth-order valence-electron chi connectivity index (χ4n) is 1.44. The molecule has 0 saturated carbocycles. The lowest BCUT2D eigenvalue weighted by Crippen LogP contribution is -2.38. The van der Waals surface area contributed by atoms with Crippen molar-refractivity contribution in [3.8, 4) is 11.4 Å². The highest BCUT2D eigenvalue weighted by molar-refractivity contribution is 7.77. The first-order valence-corrected chi connectivity index (χ1v) is 6.77. The van der Waals surface area contributed by atoms with Crippen LogP contribution in [0.1, 0.15) is 10.4 Å². The summed E-state index contributed by atoms with van der Waals surface area (Å²) >= 11 is 3.23. The summed E-state index contributed by atoms with van der Waals surface area (Å²) in [4.78, 5) is 14.6. The summed E-state index contributed by atoms with van der Waals surface area (Å²) in [5, 5.41) is 10.9. The van der Waals surface area contributed by atoms with Gasteiger partial charge in [0.15, 0.2) is 5.82 Å². The van der Waals surface area contributed by atoms with Crippen LogP contribution >= 0.6 is 11.6 Å². The van der Waals surface area contributed by atoms with Crippen molar-refractivity contribution >= 4 is 28.8 Å². The predicted octanol–water partition coefficient (Wildman–Crippen LogP) is 0.0407. The molecule has 1 amide bonds. The van der Waals surface area contributed by atoms with Crippen molar-refractivity contribution in [1.29, 1.82) is 0 Å². The molecule has 0 radical (unpaired) electrons. The number of hydrazine groups is 1. The molecule has 1 unspecified atom stereocenters. The molecule has 0 aliphatic rings. The number of aromatic nitrogens is 4. The first-order chi connectivity index (χ1) is 9.88. The van der Waals surface area contributed by atoms with E-state index in [2.05, 4.69) is 15.4 Å². The molecule has 2 rings (SSSR count). The Morgan fingerprint density at radius 3 is 2.81 bits per heavy atom. The lowest BCUT2D eigenvalue weighted by molar-refractivity contribution is 0.0941. The van der Waals surface area contributed by atoms with Crippen LogP contribution < -0.4 is 10.3 Å². The molecule has 0 fully saturated rings. The summed E-state index contributed by atoms with van der Waals surface area (Å²) in [5.74, 6) is -1.82. The molecule has 1 aromatic heterocycles. The number of tetrazole rings is 1. The molecule has 1 atom stereocenters. The first kappa shape index (κ1) is 15.4. The van der Waals surface area contributed by atoms with E-state index < -0.39 is 28.6 Å². The fraction of sp³-hybridized carbons (Fsp3) is 0.111. The average molecular weight is 335 g/mol. The van der Waals surface area contributed by atoms with Crippen LogP contribution in [0.2, 0.25) is 5.02 Å². The van der Waals surface area contributed by atoms with Gasteiger partial charge in [-0.15, -0.1) is 15.0 Å². The van der Waals surface area contributed by atoms with E-state index in [1.807, 2.05) is 5.43 Å². The van der Waals surface area contributed by atoms with E-state index in [9.17, 15) is 13.4 Å². The minimum Gasteiger partial charge on any atom is -0.293 e. The number of benzene rings is 1. The van der Waals surface area contributed by atoms with Gasteiger partial charge < -0.3 is 0 Å². The molecule has 21 heavy (non-hydrogen) atoms. The number of halogens is 2. The van der Waals surface area contributed by atoms with Gasteiger partial charge in [0.1, 0.15) is 0 Å². The molecule has 0 saturated heterocycles. The highest BCUT2D eigenvalue weighted by Crippen LogP contribution is 2.25. The molecule has 0 bridgehead atoms. The lowest BCUT2D eigenvalue weighted by Gasteiger charge is -2.07. The van der Waals surface area contributed by atoms with E-state index in [1.54, 1.807) is 4.83 Å².